The van der Waals surface area contributed by atoms with E-state index in [-0.39, 0.29) is 11.6 Å². The van der Waals surface area contributed by atoms with Gasteiger partial charge in [-0.25, -0.2) is 4.79 Å². The number of esters is 1. The quantitative estimate of drug-likeness (QED) is 0.241. The van der Waals surface area contributed by atoms with E-state index in [9.17, 15) is 19.7 Å². The van der Waals surface area contributed by atoms with Crippen LogP contribution in [0.25, 0.3) is 11.3 Å². The van der Waals surface area contributed by atoms with E-state index in [1.54, 1.807) is 48.4 Å². The van der Waals surface area contributed by atoms with Gasteiger partial charge in [0.05, 0.1) is 29.3 Å². The van der Waals surface area contributed by atoms with Gasteiger partial charge in [-0.2, -0.15) is 5.10 Å². The summed E-state index contributed by atoms with van der Waals surface area (Å²) in [5, 5.41) is 18.2. The molecule has 0 bridgehead atoms. The number of aromatic nitrogens is 2. The number of ether oxygens (including phenoxy) is 2. The number of nitrogens with zero attached hydrogens (tertiary/aromatic N) is 3. The summed E-state index contributed by atoms with van der Waals surface area (Å²) >= 11 is 0. The highest BCUT2D eigenvalue weighted by Gasteiger charge is 2.41. The normalized spacial score (nSPS) is 14.9. The summed E-state index contributed by atoms with van der Waals surface area (Å²) < 4.78 is 9.92. The van der Waals surface area contributed by atoms with Crippen molar-refractivity contribution in [1.82, 2.24) is 15.1 Å². The van der Waals surface area contributed by atoms with Crippen molar-refractivity contribution < 1.29 is 24.0 Å². The van der Waals surface area contributed by atoms with Crippen molar-refractivity contribution in [2.24, 2.45) is 0 Å². The van der Waals surface area contributed by atoms with Crippen molar-refractivity contribution in [3.8, 4) is 11.3 Å². The van der Waals surface area contributed by atoms with Crippen LogP contribution >= 0.6 is 0 Å². The predicted octanol–water partition coefficient (Wildman–Crippen LogP) is 3.35. The molecule has 3 aromatic rings. The molecule has 1 aromatic heterocycles. The number of amides is 1. The number of nitro benzene ring substituents is 1. The molecule has 4 rings (SSSR count). The Hall–Kier alpha value is -4.05. The molecule has 1 amide bonds. The highest BCUT2D eigenvalue weighted by atomic mass is 16.6. The number of nitro groups is 1. The SMILES string of the molecule is COCCCN1C(=O)c2[nH]nc(-c3ccc([N+](=O)[O-])cc3)c2C1c1ccc(C(=O)OC)cc1. The average Bonchev–Trinajstić information content (AvgIpc) is 3.38. The number of benzene rings is 2. The number of methoxy groups -OCH3 is 2. The summed E-state index contributed by atoms with van der Waals surface area (Å²) in [4.78, 5) is 37.4. The third-order valence-corrected chi connectivity index (χ3v) is 5.61. The van der Waals surface area contributed by atoms with Crippen LogP contribution in [0.3, 0.4) is 0 Å². The zero-order chi connectivity index (χ0) is 23.5. The van der Waals surface area contributed by atoms with E-state index in [4.69, 9.17) is 9.47 Å². The average molecular weight is 450 g/mol. The van der Waals surface area contributed by atoms with Crippen LogP contribution in [-0.2, 0) is 9.47 Å². The minimum absolute atomic E-state index is 0.0295. The van der Waals surface area contributed by atoms with Crippen LogP contribution in [0.1, 0.15) is 44.4 Å². The molecule has 0 saturated carbocycles. The van der Waals surface area contributed by atoms with Crippen LogP contribution in [-0.4, -0.2) is 59.3 Å². The van der Waals surface area contributed by atoms with Gasteiger partial charge in [-0.1, -0.05) is 12.1 Å². The summed E-state index contributed by atoms with van der Waals surface area (Å²) in [6.07, 6.45) is 0.642. The van der Waals surface area contributed by atoms with Crippen molar-refractivity contribution in [2.75, 3.05) is 27.4 Å². The molecular weight excluding hydrogens is 428 g/mol. The van der Waals surface area contributed by atoms with E-state index in [1.807, 2.05) is 0 Å². The van der Waals surface area contributed by atoms with E-state index in [0.29, 0.717) is 47.7 Å². The maximum atomic E-state index is 13.2. The third-order valence-electron chi connectivity index (χ3n) is 5.61. The molecular formula is C23H22N4O6. The first-order valence-electron chi connectivity index (χ1n) is 10.3. The Balaban J connectivity index is 1.78. The summed E-state index contributed by atoms with van der Waals surface area (Å²) in [6, 6.07) is 12.5. The zero-order valence-electron chi connectivity index (χ0n) is 18.1. The minimum Gasteiger partial charge on any atom is -0.465 e. The molecule has 0 radical (unpaired) electrons. The maximum Gasteiger partial charge on any atom is 0.337 e. The molecule has 1 aliphatic heterocycles. The Labute approximate surface area is 189 Å². The number of hydrogen-bond acceptors (Lipinski definition) is 7. The van der Waals surface area contributed by atoms with Gasteiger partial charge < -0.3 is 14.4 Å². The Kier molecular flexibility index (Phi) is 6.18. The highest BCUT2D eigenvalue weighted by Crippen LogP contribution is 2.43. The van der Waals surface area contributed by atoms with Gasteiger partial charge in [0.2, 0.25) is 0 Å². The summed E-state index contributed by atoms with van der Waals surface area (Å²) in [5.74, 6) is -0.639. The monoisotopic (exact) mass is 450 g/mol. The first kappa shape index (κ1) is 22.2. The summed E-state index contributed by atoms with van der Waals surface area (Å²) in [7, 11) is 2.92. The van der Waals surface area contributed by atoms with Crippen LogP contribution in [0.5, 0.6) is 0 Å². The minimum atomic E-state index is -0.467. The number of carbonyl (C=O) groups is 2. The summed E-state index contributed by atoms with van der Waals surface area (Å²) in [6.45, 7) is 0.956. The lowest BCUT2D eigenvalue weighted by Gasteiger charge is -2.26. The molecule has 10 nitrogen and oxygen atoms in total. The van der Waals surface area contributed by atoms with Gasteiger partial charge in [0.15, 0.2) is 0 Å². The second-order valence-corrected chi connectivity index (χ2v) is 7.53. The van der Waals surface area contributed by atoms with Gasteiger partial charge >= 0.3 is 5.97 Å². The molecule has 1 unspecified atom stereocenters. The number of fused-ring (bicyclic) bond motifs is 1. The van der Waals surface area contributed by atoms with Crippen molar-refractivity contribution in [2.45, 2.75) is 12.5 Å². The first-order valence-corrected chi connectivity index (χ1v) is 10.3. The van der Waals surface area contributed by atoms with E-state index in [2.05, 4.69) is 10.2 Å². The van der Waals surface area contributed by atoms with E-state index in [0.717, 1.165) is 5.56 Å². The van der Waals surface area contributed by atoms with Crippen LogP contribution in [0, 0.1) is 10.1 Å². The van der Waals surface area contributed by atoms with Gasteiger partial charge in [-0.05, 0) is 36.2 Å². The van der Waals surface area contributed by atoms with Gasteiger partial charge in [0.1, 0.15) is 5.69 Å². The number of non-ortho nitro benzene ring substituents is 1. The van der Waals surface area contributed by atoms with E-state index >= 15 is 0 Å². The smallest absolute Gasteiger partial charge is 0.337 e. The molecule has 0 saturated heterocycles. The number of H-pyrrole nitrogens is 1. The standard InChI is InChI=1S/C23H22N4O6/c1-32-13-3-12-26-21(15-4-6-16(7-5-15)23(29)33-2)18-19(24-25-20(18)22(26)28)14-8-10-17(11-9-14)27(30)31/h4-11,21H,3,12-13H2,1-2H3,(H,24,25). The highest BCUT2D eigenvalue weighted by molar-refractivity contribution is 6.00. The van der Waals surface area contributed by atoms with Crippen molar-refractivity contribution in [3.63, 3.8) is 0 Å². The van der Waals surface area contributed by atoms with Crippen molar-refractivity contribution >= 4 is 17.6 Å². The number of nitrogens with one attached hydrogen (secondary N) is 1. The molecule has 2 heterocycles. The molecule has 1 aliphatic rings. The number of aromatic amines is 1. The topological polar surface area (TPSA) is 128 Å². The molecule has 1 atom stereocenters. The first-order chi connectivity index (χ1) is 16.0. The fourth-order valence-electron chi connectivity index (χ4n) is 4.03. The Morgan fingerprint density at radius 1 is 1.15 bits per heavy atom. The lowest BCUT2D eigenvalue weighted by Crippen LogP contribution is -2.31. The van der Waals surface area contributed by atoms with Crippen LogP contribution in [0.15, 0.2) is 48.5 Å². The molecule has 0 spiro atoms. The zero-order valence-corrected chi connectivity index (χ0v) is 18.1. The number of rotatable bonds is 8. The molecule has 1 N–H and O–H groups in total. The van der Waals surface area contributed by atoms with E-state index in [1.165, 1.54) is 19.2 Å². The number of carbonyl (C=O) groups excluding carboxylic acids is 2. The molecule has 0 aliphatic carbocycles. The fourth-order valence-corrected chi connectivity index (χ4v) is 4.03. The summed E-state index contributed by atoms with van der Waals surface area (Å²) in [5.41, 5.74) is 3.44. The molecule has 170 valence electrons. The molecule has 33 heavy (non-hydrogen) atoms. The van der Waals surface area contributed by atoms with Gasteiger partial charge in [0.25, 0.3) is 11.6 Å². The van der Waals surface area contributed by atoms with Gasteiger partial charge in [0, 0.05) is 43.5 Å². The number of hydrogen-bond donors (Lipinski definition) is 1. The maximum absolute atomic E-state index is 13.2. The van der Waals surface area contributed by atoms with Crippen LogP contribution in [0.2, 0.25) is 0 Å². The van der Waals surface area contributed by atoms with Crippen molar-refractivity contribution in [1.29, 1.82) is 0 Å². The second-order valence-electron chi connectivity index (χ2n) is 7.53. The largest absolute Gasteiger partial charge is 0.465 e. The molecule has 10 heteroatoms. The molecule has 2 aromatic carbocycles. The second kappa shape index (κ2) is 9.21. The Bertz CT molecular complexity index is 1190. The predicted molar refractivity (Wildman–Crippen MR) is 118 cm³/mol. The fraction of sp³-hybridized carbons (Fsp3) is 0.261. The molecule has 0 fully saturated rings. The Morgan fingerprint density at radius 2 is 1.85 bits per heavy atom. The van der Waals surface area contributed by atoms with Crippen LogP contribution < -0.4 is 0 Å². The van der Waals surface area contributed by atoms with Gasteiger partial charge in [-0.3, -0.25) is 20.0 Å². The van der Waals surface area contributed by atoms with Gasteiger partial charge in [-0.15, -0.1) is 0 Å². The lowest BCUT2D eigenvalue weighted by atomic mass is 9.95. The Morgan fingerprint density at radius 3 is 2.45 bits per heavy atom. The lowest BCUT2D eigenvalue weighted by molar-refractivity contribution is -0.384. The van der Waals surface area contributed by atoms with E-state index < -0.39 is 16.9 Å². The van der Waals surface area contributed by atoms with Crippen molar-refractivity contribution in [3.05, 3.63) is 81.0 Å². The van der Waals surface area contributed by atoms with Crippen LogP contribution in [0.4, 0.5) is 5.69 Å². The third kappa shape index (κ3) is 4.08.